The minimum absolute atomic E-state index is 0.0776. The molecule has 2 aliphatic rings. The van der Waals surface area contributed by atoms with E-state index in [1.807, 2.05) is 24.3 Å². The summed E-state index contributed by atoms with van der Waals surface area (Å²) in [5.74, 6) is -0.398. The Labute approximate surface area is 193 Å². The van der Waals surface area contributed by atoms with Gasteiger partial charge in [0.1, 0.15) is 9.88 Å². The molecule has 0 bridgehead atoms. The Kier molecular flexibility index (Phi) is 6.01. The molecule has 1 aliphatic heterocycles. The van der Waals surface area contributed by atoms with Crippen LogP contribution in [-0.4, -0.2) is 31.1 Å². The van der Waals surface area contributed by atoms with Crippen molar-refractivity contribution in [2.75, 3.05) is 18.5 Å². The predicted octanol–water partition coefficient (Wildman–Crippen LogP) is 5.66. The number of nitrogens with one attached hydrogen (secondary N) is 2. The zero-order chi connectivity index (χ0) is 21.4. The van der Waals surface area contributed by atoms with Crippen molar-refractivity contribution in [3.8, 4) is 0 Å². The fourth-order valence-corrected chi connectivity index (χ4v) is 7.01. The number of carbonyl (C=O) groups is 2. The van der Waals surface area contributed by atoms with Gasteiger partial charge in [0.15, 0.2) is 0 Å². The van der Waals surface area contributed by atoms with Gasteiger partial charge >= 0.3 is 0 Å². The molecule has 0 unspecified atom stereocenters. The summed E-state index contributed by atoms with van der Waals surface area (Å²) in [6.45, 7) is 1.25. The highest BCUT2D eigenvalue weighted by atomic mass is 35.5. The number of carbonyl (C=O) groups excluding carboxylic acids is 2. The minimum atomic E-state index is -0.266. The number of thiophene rings is 2. The smallest absolute Gasteiger partial charge is 0.267 e. The van der Waals surface area contributed by atoms with E-state index >= 15 is 0 Å². The molecule has 0 radical (unpaired) electrons. The van der Waals surface area contributed by atoms with Crippen LogP contribution in [0.1, 0.15) is 56.2 Å². The van der Waals surface area contributed by atoms with Gasteiger partial charge in [0.05, 0.1) is 16.7 Å². The first-order valence-corrected chi connectivity index (χ1v) is 12.7. The molecule has 3 aromatic rings. The lowest BCUT2D eigenvalue weighted by Crippen LogP contribution is -2.32. The SMILES string of the molecule is O=C(Nc1sc2c(c1C(=O)NC[C@H]1CCCO1)CCCC2)c1sc2ccccc2c1Cl. The van der Waals surface area contributed by atoms with E-state index in [1.165, 1.54) is 27.6 Å². The van der Waals surface area contributed by atoms with E-state index in [-0.39, 0.29) is 17.9 Å². The fourth-order valence-electron chi connectivity index (χ4n) is 4.31. The van der Waals surface area contributed by atoms with Gasteiger partial charge in [-0.3, -0.25) is 9.59 Å². The molecule has 5 nitrogen and oxygen atoms in total. The first-order chi connectivity index (χ1) is 15.1. The summed E-state index contributed by atoms with van der Waals surface area (Å²) < 4.78 is 6.60. The first kappa shape index (κ1) is 20.9. The zero-order valence-electron chi connectivity index (χ0n) is 17.0. The lowest BCUT2D eigenvalue weighted by Gasteiger charge is -2.15. The van der Waals surface area contributed by atoms with E-state index < -0.39 is 0 Å². The van der Waals surface area contributed by atoms with Gasteiger partial charge in [0.2, 0.25) is 0 Å². The van der Waals surface area contributed by atoms with Gasteiger partial charge < -0.3 is 15.4 Å². The average molecular weight is 475 g/mol. The van der Waals surface area contributed by atoms with E-state index in [2.05, 4.69) is 10.6 Å². The van der Waals surface area contributed by atoms with Crippen molar-refractivity contribution < 1.29 is 14.3 Å². The van der Waals surface area contributed by atoms with E-state index in [9.17, 15) is 9.59 Å². The third-order valence-corrected chi connectivity index (χ3v) is 8.76. The molecule has 1 fully saturated rings. The molecule has 0 spiro atoms. The second-order valence-corrected chi connectivity index (χ2v) is 10.5. The van der Waals surface area contributed by atoms with E-state index in [0.717, 1.165) is 60.8 Å². The van der Waals surface area contributed by atoms with Gasteiger partial charge in [-0.25, -0.2) is 0 Å². The van der Waals surface area contributed by atoms with Crippen LogP contribution < -0.4 is 10.6 Å². The summed E-state index contributed by atoms with van der Waals surface area (Å²) in [5.41, 5.74) is 1.70. The highest BCUT2D eigenvalue weighted by Gasteiger charge is 2.28. The number of hydrogen-bond donors (Lipinski definition) is 2. The van der Waals surface area contributed by atoms with Crippen molar-refractivity contribution in [2.24, 2.45) is 0 Å². The van der Waals surface area contributed by atoms with Crippen LogP contribution in [-0.2, 0) is 17.6 Å². The lowest BCUT2D eigenvalue weighted by molar-refractivity contribution is 0.0858. The number of anilines is 1. The molecule has 1 aliphatic carbocycles. The standard InChI is InChI=1S/C23H23ClN2O3S2/c24-19-15-8-2-4-10-17(15)30-20(19)22(28)26-23-18(14-7-1-3-9-16(14)31-23)21(27)25-12-13-6-5-11-29-13/h2,4,8,10,13H,1,3,5-7,9,11-12H2,(H,25,27)(H,26,28)/t13-/m1/s1. The van der Waals surface area contributed by atoms with Crippen LogP contribution in [0.5, 0.6) is 0 Å². The molecule has 162 valence electrons. The zero-order valence-corrected chi connectivity index (χ0v) is 19.4. The van der Waals surface area contributed by atoms with Gasteiger partial charge in [-0.15, -0.1) is 22.7 Å². The second-order valence-electron chi connectivity index (χ2n) is 7.96. The molecular weight excluding hydrogens is 452 g/mol. The van der Waals surface area contributed by atoms with Gasteiger partial charge in [-0.1, -0.05) is 29.8 Å². The molecule has 0 saturated carbocycles. The number of amides is 2. The van der Waals surface area contributed by atoms with Crippen LogP contribution in [0, 0.1) is 0 Å². The summed E-state index contributed by atoms with van der Waals surface area (Å²) in [7, 11) is 0. The van der Waals surface area contributed by atoms with Crippen LogP contribution >= 0.6 is 34.3 Å². The Hall–Kier alpha value is -1.93. The van der Waals surface area contributed by atoms with Crippen molar-refractivity contribution in [2.45, 2.75) is 44.6 Å². The van der Waals surface area contributed by atoms with Gasteiger partial charge in [-0.2, -0.15) is 0 Å². The number of hydrogen-bond acceptors (Lipinski definition) is 5. The molecule has 2 amide bonds. The third kappa shape index (κ3) is 4.12. The third-order valence-electron chi connectivity index (χ3n) is 5.88. The maximum Gasteiger partial charge on any atom is 0.267 e. The largest absolute Gasteiger partial charge is 0.376 e. The summed E-state index contributed by atoms with van der Waals surface area (Å²) in [6.07, 6.45) is 6.07. The Morgan fingerprint density at radius 2 is 1.94 bits per heavy atom. The monoisotopic (exact) mass is 474 g/mol. The summed E-state index contributed by atoms with van der Waals surface area (Å²) >= 11 is 9.40. The predicted molar refractivity (Wildman–Crippen MR) is 127 cm³/mol. The van der Waals surface area contributed by atoms with Crippen LogP contribution in [0.4, 0.5) is 5.00 Å². The maximum atomic E-state index is 13.1. The molecule has 2 aromatic heterocycles. The average Bonchev–Trinajstić information content (AvgIpc) is 3.50. The van der Waals surface area contributed by atoms with Crippen molar-refractivity contribution in [3.05, 3.63) is 50.2 Å². The molecule has 3 heterocycles. The van der Waals surface area contributed by atoms with Gasteiger partial charge in [0, 0.05) is 28.1 Å². The number of aryl methyl sites for hydroxylation is 1. The molecular formula is C23H23ClN2O3S2. The maximum absolute atomic E-state index is 13.1. The van der Waals surface area contributed by atoms with E-state index in [1.54, 1.807) is 0 Å². The minimum Gasteiger partial charge on any atom is -0.376 e. The molecule has 2 N–H and O–H groups in total. The molecule has 1 aromatic carbocycles. The first-order valence-electron chi connectivity index (χ1n) is 10.6. The van der Waals surface area contributed by atoms with Crippen LogP contribution in [0.2, 0.25) is 5.02 Å². The fraction of sp³-hybridized carbons (Fsp3) is 0.391. The highest BCUT2D eigenvalue weighted by molar-refractivity contribution is 7.22. The quantitative estimate of drug-likeness (QED) is 0.501. The Morgan fingerprint density at radius 3 is 2.74 bits per heavy atom. The van der Waals surface area contributed by atoms with Gasteiger partial charge in [-0.05, 0) is 50.2 Å². The molecule has 31 heavy (non-hydrogen) atoms. The van der Waals surface area contributed by atoms with Crippen molar-refractivity contribution in [1.29, 1.82) is 0 Å². The van der Waals surface area contributed by atoms with Crippen molar-refractivity contribution >= 4 is 61.2 Å². The topological polar surface area (TPSA) is 67.4 Å². The second kappa shape index (κ2) is 8.90. The Bertz CT molecular complexity index is 1150. The van der Waals surface area contributed by atoms with Crippen molar-refractivity contribution in [3.63, 3.8) is 0 Å². The number of ether oxygens (including phenoxy) is 1. The summed E-state index contributed by atoms with van der Waals surface area (Å²) in [5, 5.41) is 8.00. The summed E-state index contributed by atoms with van der Waals surface area (Å²) in [6, 6.07) is 7.71. The van der Waals surface area contributed by atoms with E-state index in [4.69, 9.17) is 16.3 Å². The Balaban J connectivity index is 1.42. The van der Waals surface area contributed by atoms with Crippen molar-refractivity contribution in [1.82, 2.24) is 5.32 Å². The van der Waals surface area contributed by atoms with Crippen LogP contribution in [0.3, 0.4) is 0 Å². The molecule has 5 rings (SSSR count). The van der Waals surface area contributed by atoms with Crippen LogP contribution in [0.15, 0.2) is 24.3 Å². The normalized spacial score (nSPS) is 18.2. The number of halogens is 1. The van der Waals surface area contributed by atoms with E-state index in [0.29, 0.717) is 27.0 Å². The number of benzene rings is 1. The Morgan fingerprint density at radius 1 is 1.10 bits per heavy atom. The van der Waals surface area contributed by atoms with Crippen LogP contribution in [0.25, 0.3) is 10.1 Å². The number of rotatable bonds is 5. The molecule has 8 heteroatoms. The molecule has 1 atom stereocenters. The van der Waals surface area contributed by atoms with Gasteiger partial charge in [0.25, 0.3) is 11.8 Å². The lowest BCUT2D eigenvalue weighted by atomic mass is 9.95. The highest BCUT2D eigenvalue weighted by Crippen LogP contribution is 2.40. The summed E-state index contributed by atoms with van der Waals surface area (Å²) in [4.78, 5) is 27.9. The molecule has 1 saturated heterocycles. The number of fused-ring (bicyclic) bond motifs is 2.